The normalized spacial score (nSPS) is 19.3. The number of rotatable bonds is 6. The van der Waals surface area contributed by atoms with Crippen LogP contribution in [0.2, 0.25) is 0 Å². The highest BCUT2D eigenvalue weighted by molar-refractivity contribution is 5.85. The highest BCUT2D eigenvalue weighted by Gasteiger charge is 2.31. The molecule has 0 saturated carbocycles. The van der Waals surface area contributed by atoms with Gasteiger partial charge in [0.25, 0.3) is 5.56 Å². The Morgan fingerprint density at radius 2 is 1.97 bits per heavy atom. The second kappa shape index (κ2) is 10.5. The first-order valence-electron chi connectivity index (χ1n) is 10.3. The predicted molar refractivity (Wildman–Crippen MR) is 125 cm³/mol. The Morgan fingerprint density at radius 1 is 1.06 bits per heavy atom. The van der Waals surface area contributed by atoms with Crippen molar-refractivity contribution in [3.8, 4) is 0 Å². The van der Waals surface area contributed by atoms with E-state index in [1.54, 1.807) is 12.5 Å². The largest absolute Gasteiger partial charge is 0.468 e. The molecule has 1 saturated heterocycles. The molecule has 8 heteroatoms. The minimum Gasteiger partial charge on any atom is -0.468 e. The fourth-order valence-electron chi connectivity index (χ4n) is 4.71. The molecular weight excluding hydrogens is 435 g/mol. The van der Waals surface area contributed by atoms with E-state index in [0.717, 1.165) is 36.7 Å². The lowest BCUT2D eigenvalue weighted by atomic mass is 9.84. The molecule has 2 aliphatic rings. The molecule has 2 aliphatic heterocycles. The van der Waals surface area contributed by atoms with Gasteiger partial charge in [0.05, 0.1) is 18.5 Å². The molecule has 6 nitrogen and oxygen atoms in total. The van der Waals surface area contributed by atoms with E-state index in [9.17, 15) is 4.79 Å². The lowest BCUT2D eigenvalue weighted by Gasteiger charge is -2.37. The van der Waals surface area contributed by atoms with Crippen molar-refractivity contribution in [3.63, 3.8) is 0 Å². The molecule has 5 rings (SSSR count). The van der Waals surface area contributed by atoms with Crippen LogP contribution in [0, 0.1) is 5.92 Å². The van der Waals surface area contributed by atoms with Gasteiger partial charge in [-0.05, 0) is 49.2 Å². The number of hydrogen-bond donors (Lipinski definition) is 1. The zero-order valence-corrected chi connectivity index (χ0v) is 18.9. The van der Waals surface area contributed by atoms with Crippen LogP contribution in [0.5, 0.6) is 0 Å². The third kappa shape index (κ3) is 5.21. The maximum Gasteiger partial charge on any atom is 0.255 e. The molecule has 3 aromatic heterocycles. The summed E-state index contributed by atoms with van der Waals surface area (Å²) in [5.41, 5.74) is 3.16. The number of piperidine rings is 1. The van der Waals surface area contributed by atoms with E-state index < -0.39 is 0 Å². The van der Waals surface area contributed by atoms with Crippen molar-refractivity contribution in [1.82, 2.24) is 19.8 Å². The van der Waals surface area contributed by atoms with Crippen molar-refractivity contribution in [2.75, 3.05) is 13.1 Å². The molecule has 166 valence electrons. The van der Waals surface area contributed by atoms with Crippen molar-refractivity contribution in [3.05, 3.63) is 88.0 Å². The molecule has 0 unspecified atom stereocenters. The molecule has 2 bridgehead atoms. The number of pyridine rings is 2. The Balaban J connectivity index is 0.00000136. The zero-order chi connectivity index (χ0) is 19.6. The molecular formula is C23H28Cl2N4O2. The maximum absolute atomic E-state index is 13.3. The van der Waals surface area contributed by atoms with Gasteiger partial charge in [0.2, 0.25) is 0 Å². The van der Waals surface area contributed by atoms with Gasteiger partial charge in [0.1, 0.15) is 5.76 Å². The van der Waals surface area contributed by atoms with Gasteiger partial charge in [-0.25, -0.2) is 0 Å². The van der Waals surface area contributed by atoms with Crippen LogP contribution in [0.25, 0.3) is 0 Å². The Bertz CT molecular complexity index is 1020. The highest BCUT2D eigenvalue weighted by atomic mass is 35.5. The van der Waals surface area contributed by atoms with Crippen LogP contribution in [-0.4, -0.2) is 27.5 Å². The van der Waals surface area contributed by atoms with Crippen LogP contribution in [-0.2, 0) is 26.2 Å². The van der Waals surface area contributed by atoms with Crippen LogP contribution >= 0.6 is 24.8 Å². The third-order valence-electron chi connectivity index (χ3n) is 6.05. The number of aromatic nitrogens is 2. The molecule has 0 aliphatic carbocycles. The Hall–Kier alpha value is -2.12. The SMILES string of the molecule is Cl.Cl.O=c1c(CN(Cc2ccccn2)Cc2ccco2)ccc2n1C[C@@H]1CNC[C@H]2C1. The summed E-state index contributed by atoms with van der Waals surface area (Å²) >= 11 is 0. The molecule has 0 aromatic carbocycles. The smallest absolute Gasteiger partial charge is 0.255 e. The van der Waals surface area contributed by atoms with E-state index in [2.05, 4.69) is 21.3 Å². The molecule has 1 fully saturated rings. The van der Waals surface area contributed by atoms with E-state index in [-0.39, 0.29) is 30.4 Å². The van der Waals surface area contributed by atoms with Gasteiger partial charge >= 0.3 is 0 Å². The second-order valence-electron chi connectivity index (χ2n) is 8.20. The first-order valence-corrected chi connectivity index (χ1v) is 10.3. The monoisotopic (exact) mass is 462 g/mol. The topological polar surface area (TPSA) is 63.3 Å². The summed E-state index contributed by atoms with van der Waals surface area (Å²) in [6.45, 7) is 4.68. The van der Waals surface area contributed by atoms with Gasteiger partial charge < -0.3 is 14.3 Å². The predicted octanol–water partition coefficient (Wildman–Crippen LogP) is 3.59. The fourth-order valence-corrected chi connectivity index (χ4v) is 4.71. The molecule has 1 N–H and O–H groups in total. The van der Waals surface area contributed by atoms with Crippen molar-refractivity contribution >= 4 is 24.8 Å². The Labute approximate surface area is 194 Å². The summed E-state index contributed by atoms with van der Waals surface area (Å²) in [6.07, 6.45) is 4.69. The molecule has 0 radical (unpaired) electrons. The standard InChI is InChI=1S/C23H26N4O2.2ClH/c28-23-18(6-7-22-19-10-17(11-24-12-19)13-27(22)23)14-26(16-21-5-3-9-29-21)15-20-4-1-2-8-25-20;;/h1-9,17,19,24H,10-16H2;2*1H/t17-,19+;;/m0../s1. The number of nitrogens with one attached hydrogen (secondary N) is 1. The van der Waals surface area contributed by atoms with Crippen LogP contribution < -0.4 is 10.9 Å². The summed E-state index contributed by atoms with van der Waals surface area (Å²) in [7, 11) is 0. The Morgan fingerprint density at radius 3 is 2.74 bits per heavy atom. The van der Waals surface area contributed by atoms with E-state index in [4.69, 9.17) is 4.42 Å². The molecule has 0 spiro atoms. The second-order valence-corrected chi connectivity index (χ2v) is 8.20. The summed E-state index contributed by atoms with van der Waals surface area (Å²) in [5, 5.41) is 3.51. The van der Waals surface area contributed by atoms with E-state index >= 15 is 0 Å². The maximum atomic E-state index is 13.3. The van der Waals surface area contributed by atoms with E-state index in [1.807, 2.05) is 41.0 Å². The lowest BCUT2D eigenvalue weighted by molar-refractivity contribution is 0.220. The first-order chi connectivity index (χ1) is 14.3. The van der Waals surface area contributed by atoms with Gasteiger partial charge in [-0.3, -0.25) is 14.7 Å². The number of nitrogens with zero attached hydrogens (tertiary/aromatic N) is 3. The van der Waals surface area contributed by atoms with Gasteiger partial charge in [0.15, 0.2) is 0 Å². The van der Waals surface area contributed by atoms with Crippen molar-refractivity contribution in [2.45, 2.75) is 38.5 Å². The minimum atomic E-state index is 0. The fraction of sp³-hybridized carbons (Fsp3) is 0.391. The van der Waals surface area contributed by atoms with Gasteiger partial charge in [-0.2, -0.15) is 0 Å². The van der Waals surface area contributed by atoms with Crippen LogP contribution in [0.3, 0.4) is 0 Å². The minimum absolute atomic E-state index is 0. The summed E-state index contributed by atoms with van der Waals surface area (Å²) < 4.78 is 7.59. The van der Waals surface area contributed by atoms with E-state index in [0.29, 0.717) is 31.5 Å². The molecule has 0 amide bonds. The number of furan rings is 1. The van der Waals surface area contributed by atoms with Gasteiger partial charge in [-0.1, -0.05) is 12.1 Å². The van der Waals surface area contributed by atoms with Crippen molar-refractivity contribution in [1.29, 1.82) is 0 Å². The van der Waals surface area contributed by atoms with Crippen LogP contribution in [0.1, 0.15) is 35.1 Å². The van der Waals surface area contributed by atoms with E-state index in [1.165, 1.54) is 12.1 Å². The number of fused-ring (bicyclic) bond motifs is 4. The quantitative estimate of drug-likeness (QED) is 0.606. The Kier molecular flexibility index (Phi) is 7.94. The van der Waals surface area contributed by atoms with Gasteiger partial charge in [-0.15, -0.1) is 24.8 Å². The van der Waals surface area contributed by atoms with Crippen molar-refractivity contribution in [2.24, 2.45) is 5.92 Å². The molecule has 3 aromatic rings. The van der Waals surface area contributed by atoms with Crippen molar-refractivity contribution < 1.29 is 4.42 Å². The lowest BCUT2D eigenvalue weighted by Crippen LogP contribution is -2.45. The van der Waals surface area contributed by atoms with Gasteiger partial charge in [0, 0.05) is 49.6 Å². The molecule has 31 heavy (non-hydrogen) atoms. The summed E-state index contributed by atoms with van der Waals surface area (Å²) in [4.78, 5) is 20.0. The first kappa shape index (κ1) is 23.5. The van der Waals surface area contributed by atoms with Crippen LogP contribution in [0.15, 0.2) is 64.1 Å². The summed E-state index contributed by atoms with van der Waals surface area (Å²) in [6, 6.07) is 14.0. The molecule has 2 atom stereocenters. The number of hydrogen-bond acceptors (Lipinski definition) is 5. The average molecular weight is 463 g/mol. The third-order valence-corrected chi connectivity index (χ3v) is 6.05. The average Bonchev–Trinajstić information content (AvgIpc) is 3.24. The van der Waals surface area contributed by atoms with Crippen LogP contribution in [0.4, 0.5) is 0 Å². The summed E-state index contributed by atoms with van der Waals surface area (Å²) in [5.74, 6) is 1.90. The number of halogens is 2. The highest BCUT2D eigenvalue weighted by Crippen LogP contribution is 2.31. The molecule has 5 heterocycles. The zero-order valence-electron chi connectivity index (χ0n) is 17.3.